The lowest BCUT2D eigenvalue weighted by Gasteiger charge is -2.22. The molecule has 1 unspecified atom stereocenters. The van der Waals surface area contributed by atoms with E-state index in [0.717, 1.165) is 6.54 Å². The van der Waals surface area contributed by atoms with E-state index in [1.807, 2.05) is 17.9 Å². The number of aromatic nitrogens is 2. The molecule has 0 saturated heterocycles. The Balaban J connectivity index is 2.47. The van der Waals surface area contributed by atoms with Crippen molar-refractivity contribution in [3.05, 3.63) is 18.0 Å². The second-order valence-corrected chi connectivity index (χ2v) is 5.11. The second-order valence-electron chi connectivity index (χ2n) is 5.11. The van der Waals surface area contributed by atoms with Crippen molar-refractivity contribution < 1.29 is 0 Å². The molecule has 0 fully saturated rings. The van der Waals surface area contributed by atoms with Gasteiger partial charge in [-0.2, -0.15) is 5.10 Å². The molecule has 1 heterocycles. The van der Waals surface area contributed by atoms with Crippen LogP contribution in [0.3, 0.4) is 0 Å². The number of nitrogens with zero attached hydrogens (tertiary/aromatic N) is 2. The van der Waals surface area contributed by atoms with Gasteiger partial charge in [0.2, 0.25) is 0 Å². The maximum absolute atomic E-state index is 4.16. The fourth-order valence-electron chi connectivity index (χ4n) is 1.24. The number of nitrogens with one attached hydrogen (secondary N) is 1. The Labute approximate surface area is 86.5 Å². The highest BCUT2D eigenvalue weighted by Crippen LogP contribution is 2.15. The highest BCUT2D eigenvalue weighted by Gasteiger charge is 2.13. The molecule has 1 aromatic heterocycles. The molecule has 0 amide bonds. The lowest BCUT2D eigenvalue weighted by Crippen LogP contribution is -2.29. The van der Waals surface area contributed by atoms with E-state index in [1.54, 1.807) is 0 Å². The van der Waals surface area contributed by atoms with Crippen LogP contribution in [0.15, 0.2) is 12.4 Å². The summed E-state index contributed by atoms with van der Waals surface area (Å²) in [5.41, 5.74) is 1.58. The van der Waals surface area contributed by atoms with Gasteiger partial charge in [0.15, 0.2) is 0 Å². The van der Waals surface area contributed by atoms with Gasteiger partial charge in [-0.15, -0.1) is 0 Å². The zero-order chi connectivity index (χ0) is 10.8. The summed E-state index contributed by atoms with van der Waals surface area (Å²) in [6.07, 6.45) is 3.97. The van der Waals surface area contributed by atoms with Crippen LogP contribution in [0.2, 0.25) is 0 Å². The Morgan fingerprint density at radius 1 is 1.50 bits per heavy atom. The van der Waals surface area contributed by atoms with Crippen LogP contribution in [0.4, 0.5) is 0 Å². The standard InChI is InChI=1S/C11H21N3/c1-9(12-8-11(2,3)4)10-6-13-14(5)7-10/h6-7,9,12H,8H2,1-5H3. The summed E-state index contributed by atoms with van der Waals surface area (Å²) in [6, 6.07) is 0.378. The molecule has 0 radical (unpaired) electrons. The number of hydrogen-bond donors (Lipinski definition) is 1. The third-order valence-corrected chi connectivity index (χ3v) is 2.16. The molecule has 1 aromatic rings. The van der Waals surface area contributed by atoms with Crippen molar-refractivity contribution in [2.24, 2.45) is 12.5 Å². The Morgan fingerprint density at radius 3 is 2.57 bits per heavy atom. The Hall–Kier alpha value is -0.830. The number of hydrogen-bond acceptors (Lipinski definition) is 2. The molecular weight excluding hydrogens is 174 g/mol. The van der Waals surface area contributed by atoms with Crippen LogP contribution in [0.5, 0.6) is 0 Å². The van der Waals surface area contributed by atoms with Gasteiger partial charge < -0.3 is 5.32 Å². The molecule has 1 N–H and O–H groups in total. The van der Waals surface area contributed by atoms with E-state index in [2.05, 4.69) is 44.3 Å². The molecule has 0 aliphatic carbocycles. The largest absolute Gasteiger partial charge is 0.310 e. The first-order valence-corrected chi connectivity index (χ1v) is 5.10. The third kappa shape index (κ3) is 3.50. The van der Waals surface area contributed by atoms with Crippen molar-refractivity contribution in [1.82, 2.24) is 15.1 Å². The van der Waals surface area contributed by atoms with Gasteiger partial charge in [-0.3, -0.25) is 4.68 Å². The Bertz CT molecular complexity index is 283. The number of rotatable bonds is 3. The van der Waals surface area contributed by atoms with Gasteiger partial charge in [-0.1, -0.05) is 20.8 Å². The molecule has 0 aliphatic heterocycles. The van der Waals surface area contributed by atoms with Gasteiger partial charge in [0.05, 0.1) is 6.20 Å². The molecular formula is C11H21N3. The minimum absolute atomic E-state index is 0.330. The van der Waals surface area contributed by atoms with Crippen LogP contribution >= 0.6 is 0 Å². The average Bonchev–Trinajstić information content (AvgIpc) is 2.46. The van der Waals surface area contributed by atoms with Gasteiger partial charge >= 0.3 is 0 Å². The highest BCUT2D eigenvalue weighted by molar-refractivity contribution is 5.08. The summed E-state index contributed by atoms with van der Waals surface area (Å²) in [6.45, 7) is 9.88. The predicted molar refractivity (Wildman–Crippen MR) is 59.1 cm³/mol. The van der Waals surface area contributed by atoms with Crippen molar-refractivity contribution in [1.29, 1.82) is 0 Å². The zero-order valence-electron chi connectivity index (χ0n) is 9.83. The summed E-state index contributed by atoms with van der Waals surface area (Å²) in [7, 11) is 1.94. The highest BCUT2D eigenvalue weighted by atomic mass is 15.2. The minimum Gasteiger partial charge on any atom is -0.310 e. The van der Waals surface area contributed by atoms with Crippen LogP contribution in [0, 0.1) is 5.41 Å². The first-order chi connectivity index (χ1) is 6.38. The van der Waals surface area contributed by atoms with E-state index >= 15 is 0 Å². The molecule has 1 atom stereocenters. The van der Waals surface area contributed by atoms with Crippen LogP contribution in [-0.2, 0) is 7.05 Å². The van der Waals surface area contributed by atoms with Gasteiger partial charge in [-0.05, 0) is 12.3 Å². The molecule has 80 valence electrons. The Kier molecular flexibility index (Phi) is 3.32. The summed E-state index contributed by atoms with van der Waals surface area (Å²) < 4.78 is 1.84. The topological polar surface area (TPSA) is 29.9 Å². The van der Waals surface area contributed by atoms with Crippen molar-refractivity contribution >= 4 is 0 Å². The molecule has 0 aromatic carbocycles. The lowest BCUT2D eigenvalue weighted by atomic mass is 9.96. The van der Waals surface area contributed by atoms with Crippen LogP contribution < -0.4 is 5.32 Å². The van der Waals surface area contributed by atoms with E-state index in [9.17, 15) is 0 Å². The summed E-state index contributed by atoms with van der Waals surface area (Å²) in [5.74, 6) is 0. The quantitative estimate of drug-likeness (QED) is 0.800. The fourth-order valence-corrected chi connectivity index (χ4v) is 1.24. The molecule has 0 aliphatic rings. The van der Waals surface area contributed by atoms with Gasteiger partial charge in [-0.25, -0.2) is 0 Å². The monoisotopic (exact) mass is 195 g/mol. The van der Waals surface area contributed by atoms with E-state index < -0.39 is 0 Å². The van der Waals surface area contributed by atoms with Crippen LogP contribution in [-0.4, -0.2) is 16.3 Å². The first kappa shape index (κ1) is 11.2. The Morgan fingerprint density at radius 2 is 2.14 bits per heavy atom. The molecule has 3 nitrogen and oxygen atoms in total. The molecule has 0 spiro atoms. The summed E-state index contributed by atoms with van der Waals surface area (Å²) in [4.78, 5) is 0. The van der Waals surface area contributed by atoms with Crippen molar-refractivity contribution in [3.63, 3.8) is 0 Å². The maximum Gasteiger partial charge on any atom is 0.0537 e. The van der Waals surface area contributed by atoms with Crippen molar-refractivity contribution in [2.75, 3.05) is 6.54 Å². The van der Waals surface area contributed by atoms with Crippen LogP contribution in [0.25, 0.3) is 0 Å². The molecule has 3 heteroatoms. The second kappa shape index (κ2) is 4.13. The summed E-state index contributed by atoms with van der Waals surface area (Å²) >= 11 is 0. The minimum atomic E-state index is 0.330. The van der Waals surface area contributed by atoms with Gasteiger partial charge in [0.1, 0.15) is 0 Å². The van der Waals surface area contributed by atoms with Gasteiger partial charge in [0.25, 0.3) is 0 Å². The normalized spacial score (nSPS) is 14.4. The van der Waals surface area contributed by atoms with Crippen LogP contribution in [0.1, 0.15) is 39.3 Å². The molecule has 0 saturated carbocycles. The smallest absolute Gasteiger partial charge is 0.0537 e. The van der Waals surface area contributed by atoms with E-state index in [1.165, 1.54) is 5.56 Å². The fraction of sp³-hybridized carbons (Fsp3) is 0.727. The molecule has 14 heavy (non-hydrogen) atoms. The SMILES string of the molecule is CC(NCC(C)(C)C)c1cnn(C)c1. The van der Waals surface area contributed by atoms with E-state index in [0.29, 0.717) is 11.5 Å². The predicted octanol–water partition coefficient (Wildman–Crippen LogP) is 2.12. The van der Waals surface area contributed by atoms with Crippen molar-refractivity contribution in [2.45, 2.75) is 33.7 Å². The maximum atomic E-state index is 4.16. The van der Waals surface area contributed by atoms with E-state index in [4.69, 9.17) is 0 Å². The lowest BCUT2D eigenvalue weighted by molar-refractivity contribution is 0.359. The zero-order valence-corrected chi connectivity index (χ0v) is 9.83. The van der Waals surface area contributed by atoms with Gasteiger partial charge in [0, 0.05) is 31.4 Å². The molecule has 0 bridgehead atoms. The number of aryl methyl sites for hydroxylation is 1. The van der Waals surface area contributed by atoms with E-state index in [-0.39, 0.29) is 0 Å². The van der Waals surface area contributed by atoms with Crippen molar-refractivity contribution in [3.8, 4) is 0 Å². The summed E-state index contributed by atoms with van der Waals surface area (Å²) in [5, 5.41) is 7.66. The average molecular weight is 195 g/mol. The molecule has 1 rings (SSSR count). The third-order valence-electron chi connectivity index (χ3n) is 2.16. The first-order valence-electron chi connectivity index (χ1n) is 5.10.